The van der Waals surface area contributed by atoms with Crippen LogP contribution in [0.25, 0.3) is 16.6 Å². The van der Waals surface area contributed by atoms with Gasteiger partial charge in [-0.2, -0.15) is 5.10 Å². The van der Waals surface area contributed by atoms with E-state index in [0.717, 1.165) is 34.6 Å². The highest BCUT2D eigenvalue weighted by Crippen LogP contribution is 2.22. The molecule has 0 unspecified atom stereocenters. The number of para-hydroxylation sites is 1. The number of rotatable bonds is 4. The summed E-state index contributed by atoms with van der Waals surface area (Å²) < 4.78 is 3.99. The molecular formula is C22H22N4O. The van der Waals surface area contributed by atoms with Crippen molar-refractivity contribution >= 4 is 22.5 Å². The van der Waals surface area contributed by atoms with Crippen LogP contribution in [0.4, 0.5) is 5.69 Å². The zero-order valence-electron chi connectivity index (χ0n) is 15.7. The van der Waals surface area contributed by atoms with Crippen molar-refractivity contribution in [3.8, 4) is 5.69 Å². The minimum Gasteiger partial charge on any atom is -0.348 e. The van der Waals surface area contributed by atoms with Crippen LogP contribution in [0.3, 0.4) is 0 Å². The molecule has 0 saturated carbocycles. The maximum Gasteiger partial charge on any atom is 0.259 e. The number of nitrogens with one attached hydrogen (secondary N) is 1. The lowest BCUT2D eigenvalue weighted by molar-refractivity contribution is 0.102. The lowest BCUT2D eigenvalue weighted by Gasteiger charge is -2.09. The van der Waals surface area contributed by atoms with E-state index in [9.17, 15) is 4.79 Å². The number of anilines is 1. The van der Waals surface area contributed by atoms with Gasteiger partial charge < -0.3 is 9.88 Å². The molecule has 5 nitrogen and oxygen atoms in total. The standard InChI is InChI=1S/C22H22N4O/c1-4-25-12-11-17-13-18(9-10-21(17)25)24-22(27)19-14-23-26(16(19)3)20-8-6-5-7-15(20)2/h5-14H,4H2,1-3H3,(H,24,27). The minimum absolute atomic E-state index is 0.151. The van der Waals surface area contributed by atoms with E-state index < -0.39 is 0 Å². The average Bonchev–Trinajstić information content (AvgIpc) is 3.25. The van der Waals surface area contributed by atoms with Gasteiger partial charge in [-0.25, -0.2) is 4.68 Å². The van der Waals surface area contributed by atoms with Gasteiger partial charge in [0.15, 0.2) is 0 Å². The van der Waals surface area contributed by atoms with Crippen LogP contribution in [0.1, 0.15) is 28.5 Å². The number of hydrogen-bond donors (Lipinski definition) is 1. The molecule has 1 amide bonds. The Kier molecular flexibility index (Phi) is 4.28. The molecule has 136 valence electrons. The zero-order valence-corrected chi connectivity index (χ0v) is 15.7. The van der Waals surface area contributed by atoms with Crippen molar-refractivity contribution in [3.63, 3.8) is 0 Å². The number of benzene rings is 2. The molecule has 0 fully saturated rings. The van der Waals surface area contributed by atoms with Crippen LogP contribution in [-0.2, 0) is 6.54 Å². The Morgan fingerprint density at radius 2 is 1.93 bits per heavy atom. The number of carbonyl (C=O) groups excluding carboxylic acids is 1. The number of aromatic nitrogens is 3. The van der Waals surface area contributed by atoms with Gasteiger partial charge in [-0.3, -0.25) is 4.79 Å². The van der Waals surface area contributed by atoms with E-state index in [-0.39, 0.29) is 5.91 Å². The Labute approximate surface area is 158 Å². The first-order valence-corrected chi connectivity index (χ1v) is 9.09. The topological polar surface area (TPSA) is 51.9 Å². The van der Waals surface area contributed by atoms with Gasteiger partial charge in [0.2, 0.25) is 0 Å². The summed E-state index contributed by atoms with van der Waals surface area (Å²) in [5, 5.41) is 8.54. The van der Waals surface area contributed by atoms with Gasteiger partial charge in [-0.15, -0.1) is 0 Å². The molecule has 2 aromatic carbocycles. The fraction of sp³-hybridized carbons (Fsp3) is 0.182. The molecule has 0 saturated heterocycles. The third kappa shape index (κ3) is 3.01. The Balaban J connectivity index is 1.61. The second kappa shape index (κ2) is 6.76. The Morgan fingerprint density at radius 3 is 2.70 bits per heavy atom. The number of amides is 1. The van der Waals surface area contributed by atoms with E-state index in [1.165, 1.54) is 5.52 Å². The monoisotopic (exact) mass is 358 g/mol. The first-order chi connectivity index (χ1) is 13.1. The van der Waals surface area contributed by atoms with E-state index in [2.05, 4.69) is 34.2 Å². The highest BCUT2D eigenvalue weighted by molar-refractivity contribution is 6.05. The quantitative estimate of drug-likeness (QED) is 0.574. The van der Waals surface area contributed by atoms with E-state index in [1.54, 1.807) is 6.20 Å². The highest BCUT2D eigenvalue weighted by Gasteiger charge is 2.16. The van der Waals surface area contributed by atoms with Crippen molar-refractivity contribution in [2.75, 3.05) is 5.32 Å². The van der Waals surface area contributed by atoms with Crippen molar-refractivity contribution in [1.29, 1.82) is 0 Å². The summed E-state index contributed by atoms with van der Waals surface area (Å²) in [7, 11) is 0. The van der Waals surface area contributed by atoms with E-state index in [1.807, 2.05) is 61.0 Å². The summed E-state index contributed by atoms with van der Waals surface area (Å²) >= 11 is 0. The van der Waals surface area contributed by atoms with Crippen molar-refractivity contribution in [2.24, 2.45) is 0 Å². The number of nitrogens with zero attached hydrogens (tertiary/aromatic N) is 3. The molecular weight excluding hydrogens is 336 g/mol. The van der Waals surface area contributed by atoms with Gasteiger partial charge in [-0.1, -0.05) is 18.2 Å². The van der Waals surface area contributed by atoms with Crippen LogP contribution in [0, 0.1) is 13.8 Å². The molecule has 1 N–H and O–H groups in total. The number of carbonyl (C=O) groups is 1. The minimum atomic E-state index is -0.151. The first-order valence-electron chi connectivity index (χ1n) is 9.09. The molecule has 4 aromatic rings. The summed E-state index contributed by atoms with van der Waals surface area (Å²) in [5.74, 6) is -0.151. The maximum atomic E-state index is 12.8. The van der Waals surface area contributed by atoms with Gasteiger partial charge in [0.25, 0.3) is 5.91 Å². The first kappa shape index (κ1) is 17.1. The van der Waals surface area contributed by atoms with Crippen molar-refractivity contribution < 1.29 is 4.79 Å². The molecule has 4 rings (SSSR count). The maximum absolute atomic E-state index is 12.8. The Morgan fingerprint density at radius 1 is 1.11 bits per heavy atom. The van der Waals surface area contributed by atoms with Gasteiger partial charge in [0, 0.05) is 29.3 Å². The van der Waals surface area contributed by atoms with Crippen molar-refractivity contribution in [1.82, 2.24) is 14.3 Å². The van der Waals surface area contributed by atoms with Crippen molar-refractivity contribution in [2.45, 2.75) is 27.3 Å². The lowest BCUT2D eigenvalue weighted by atomic mass is 10.2. The largest absolute Gasteiger partial charge is 0.348 e. The van der Waals surface area contributed by atoms with Crippen LogP contribution >= 0.6 is 0 Å². The second-order valence-corrected chi connectivity index (χ2v) is 6.67. The van der Waals surface area contributed by atoms with Gasteiger partial charge in [0.1, 0.15) is 0 Å². The van der Waals surface area contributed by atoms with Crippen LogP contribution in [0.5, 0.6) is 0 Å². The highest BCUT2D eigenvalue weighted by atomic mass is 16.1. The third-order valence-electron chi connectivity index (χ3n) is 4.97. The molecule has 2 heterocycles. The molecule has 27 heavy (non-hydrogen) atoms. The molecule has 0 bridgehead atoms. The fourth-order valence-electron chi connectivity index (χ4n) is 3.43. The Hall–Kier alpha value is -3.34. The van der Waals surface area contributed by atoms with E-state index >= 15 is 0 Å². The average molecular weight is 358 g/mol. The molecule has 0 aliphatic carbocycles. The van der Waals surface area contributed by atoms with Crippen LogP contribution in [-0.4, -0.2) is 20.3 Å². The SMILES string of the molecule is CCn1ccc2cc(NC(=O)c3cnn(-c4ccccc4C)c3C)ccc21. The summed E-state index contributed by atoms with van der Waals surface area (Å²) in [4.78, 5) is 12.8. The van der Waals surface area contributed by atoms with Gasteiger partial charge in [0.05, 0.1) is 23.1 Å². The van der Waals surface area contributed by atoms with E-state index in [4.69, 9.17) is 0 Å². The predicted octanol–water partition coefficient (Wildman–Crippen LogP) is 4.72. The smallest absolute Gasteiger partial charge is 0.259 e. The number of hydrogen-bond acceptors (Lipinski definition) is 2. The summed E-state index contributed by atoms with van der Waals surface area (Å²) in [6.45, 7) is 6.99. The predicted molar refractivity (Wildman–Crippen MR) is 109 cm³/mol. The molecule has 0 aliphatic heterocycles. The second-order valence-electron chi connectivity index (χ2n) is 6.67. The summed E-state index contributed by atoms with van der Waals surface area (Å²) in [5.41, 5.74) is 5.44. The van der Waals surface area contributed by atoms with Crippen LogP contribution in [0.15, 0.2) is 60.9 Å². The Bertz CT molecular complexity index is 1140. The molecule has 0 radical (unpaired) electrons. The molecule has 0 atom stereocenters. The molecule has 0 spiro atoms. The summed E-state index contributed by atoms with van der Waals surface area (Å²) in [6.07, 6.45) is 3.69. The summed E-state index contributed by atoms with van der Waals surface area (Å²) in [6, 6.07) is 16.0. The number of aryl methyl sites for hydroxylation is 2. The van der Waals surface area contributed by atoms with Gasteiger partial charge >= 0.3 is 0 Å². The zero-order chi connectivity index (χ0) is 19.0. The van der Waals surface area contributed by atoms with Crippen LogP contribution in [0.2, 0.25) is 0 Å². The number of fused-ring (bicyclic) bond motifs is 1. The normalized spacial score (nSPS) is 11.1. The lowest BCUT2D eigenvalue weighted by Crippen LogP contribution is -2.13. The van der Waals surface area contributed by atoms with Gasteiger partial charge in [-0.05, 0) is 56.7 Å². The molecule has 2 aromatic heterocycles. The van der Waals surface area contributed by atoms with E-state index in [0.29, 0.717) is 5.56 Å². The third-order valence-corrected chi connectivity index (χ3v) is 4.97. The molecule has 0 aliphatic rings. The molecule has 5 heteroatoms. The fourth-order valence-corrected chi connectivity index (χ4v) is 3.43. The van der Waals surface area contributed by atoms with Crippen LogP contribution < -0.4 is 5.32 Å². The van der Waals surface area contributed by atoms with Crippen molar-refractivity contribution in [3.05, 3.63) is 77.7 Å².